The molecular formula is C23H29NO4. The van der Waals surface area contributed by atoms with Crippen LogP contribution in [0.2, 0.25) is 0 Å². The lowest BCUT2D eigenvalue weighted by molar-refractivity contribution is -0.184. The number of allylic oxidation sites excluding steroid dienone is 1. The first-order valence-electron chi connectivity index (χ1n) is 9.73. The molecule has 1 aliphatic heterocycles. The van der Waals surface area contributed by atoms with Gasteiger partial charge in [-0.05, 0) is 44.2 Å². The van der Waals surface area contributed by atoms with Crippen molar-refractivity contribution in [2.75, 3.05) is 11.9 Å². The largest absolute Gasteiger partial charge is 0.464 e. The van der Waals surface area contributed by atoms with Crippen molar-refractivity contribution in [1.29, 1.82) is 0 Å². The highest BCUT2D eigenvalue weighted by molar-refractivity contribution is 5.58. The molecule has 2 aromatic carbocycles. The number of aliphatic hydroxyl groups excluding tert-OH is 2. The second kappa shape index (κ2) is 9.73. The highest BCUT2D eigenvalue weighted by atomic mass is 16.7. The summed E-state index contributed by atoms with van der Waals surface area (Å²) in [6.45, 7) is 3.94. The van der Waals surface area contributed by atoms with Gasteiger partial charge < -0.3 is 25.0 Å². The Balaban J connectivity index is 1.59. The summed E-state index contributed by atoms with van der Waals surface area (Å²) in [5.74, 6) is 0.702. The highest BCUT2D eigenvalue weighted by Gasteiger charge is 2.29. The van der Waals surface area contributed by atoms with Gasteiger partial charge in [-0.2, -0.15) is 0 Å². The quantitative estimate of drug-likeness (QED) is 0.680. The number of anilines is 1. The van der Waals surface area contributed by atoms with Crippen LogP contribution in [-0.2, 0) is 11.2 Å². The molecule has 2 unspecified atom stereocenters. The Hall–Kier alpha value is -2.34. The summed E-state index contributed by atoms with van der Waals surface area (Å²) in [5, 5.41) is 22.6. The number of aryl methyl sites for hydroxylation is 1. The van der Waals surface area contributed by atoms with Crippen LogP contribution in [0.25, 0.3) is 0 Å². The number of nitrogens with one attached hydrogen (secondary N) is 1. The molecule has 1 saturated heterocycles. The molecule has 3 N–H and O–H groups in total. The van der Waals surface area contributed by atoms with Crippen LogP contribution >= 0.6 is 0 Å². The highest BCUT2D eigenvalue weighted by Crippen LogP contribution is 2.29. The third-order valence-electron chi connectivity index (χ3n) is 4.92. The van der Waals surface area contributed by atoms with Crippen LogP contribution < -0.4 is 10.1 Å². The van der Waals surface area contributed by atoms with Gasteiger partial charge in [-0.3, -0.25) is 0 Å². The molecule has 5 nitrogen and oxygen atoms in total. The average Bonchev–Trinajstić information content (AvgIpc) is 2.68. The number of benzene rings is 2. The Bertz CT molecular complexity index is 788. The molecule has 2 aromatic rings. The van der Waals surface area contributed by atoms with Crippen LogP contribution in [0.15, 0.2) is 54.7 Å². The minimum atomic E-state index is -0.563. The van der Waals surface area contributed by atoms with E-state index in [-0.39, 0.29) is 12.7 Å². The molecule has 0 aromatic heterocycles. The van der Waals surface area contributed by atoms with Gasteiger partial charge >= 0.3 is 0 Å². The number of ether oxygens (including phenoxy) is 2. The van der Waals surface area contributed by atoms with Crippen molar-refractivity contribution in [1.82, 2.24) is 0 Å². The van der Waals surface area contributed by atoms with Gasteiger partial charge in [0.15, 0.2) is 0 Å². The van der Waals surface area contributed by atoms with Crippen LogP contribution in [0, 0.1) is 13.8 Å². The number of hydrogen-bond acceptors (Lipinski definition) is 5. The molecule has 0 radical (unpaired) electrons. The van der Waals surface area contributed by atoms with Gasteiger partial charge in [-0.25, -0.2) is 0 Å². The summed E-state index contributed by atoms with van der Waals surface area (Å²) in [5.41, 5.74) is 4.45. The van der Waals surface area contributed by atoms with E-state index < -0.39 is 12.4 Å². The number of aliphatic hydroxyl groups is 2. The Morgan fingerprint density at radius 3 is 2.68 bits per heavy atom. The van der Waals surface area contributed by atoms with Crippen LogP contribution in [0.3, 0.4) is 0 Å². The fraction of sp³-hybridized carbons (Fsp3) is 0.391. The summed E-state index contributed by atoms with van der Waals surface area (Å²) in [7, 11) is 0. The Labute approximate surface area is 166 Å². The van der Waals surface area contributed by atoms with E-state index in [1.54, 1.807) is 0 Å². The van der Waals surface area contributed by atoms with E-state index >= 15 is 0 Å². The Morgan fingerprint density at radius 1 is 1.14 bits per heavy atom. The molecule has 150 valence electrons. The van der Waals surface area contributed by atoms with Gasteiger partial charge in [0.1, 0.15) is 5.75 Å². The zero-order valence-electron chi connectivity index (χ0n) is 16.5. The van der Waals surface area contributed by atoms with E-state index in [9.17, 15) is 10.2 Å². The summed E-state index contributed by atoms with van der Waals surface area (Å²) < 4.78 is 11.7. The maximum atomic E-state index is 9.94. The smallest absolute Gasteiger partial charge is 0.202 e. The monoisotopic (exact) mass is 383 g/mol. The summed E-state index contributed by atoms with van der Waals surface area (Å²) in [4.78, 5) is 0. The molecule has 5 heteroatoms. The Morgan fingerprint density at radius 2 is 1.93 bits per heavy atom. The van der Waals surface area contributed by atoms with Crippen LogP contribution in [-0.4, -0.2) is 35.3 Å². The normalized spacial score (nSPS) is 22.4. The fourth-order valence-corrected chi connectivity index (χ4v) is 3.25. The SMILES string of the molecule is Cc1ccc(C/C=C/Nc2cccc(O[C@H]3CC(O)CC(CO)O3)c2C)cc1. The lowest BCUT2D eigenvalue weighted by atomic mass is 10.1. The molecule has 0 amide bonds. The van der Waals surface area contributed by atoms with E-state index in [2.05, 4.69) is 42.6 Å². The molecule has 0 bridgehead atoms. The third kappa shape index (κ3) is 5.58. The first kappa shape index (κ1) is 20.4. The first-order valence-corrected chi connectivity index (χ1v) is 9.73. The van der Waals surface area contributed by atoms with Crippen molar-refractivity contribution in [3.05, 3.63) is 71.4 Å². The van der Waals surface area contributed by atoms with Crippen molar-refractivity contribution < 1.29 is 19.7 Å². The zero-order chi connectivity index (χ0) is 19.9. The molecule has 0 spiro atoms. The van der Waals surface area contributed by atoms with Crippen molar-refractivity contribution in [3.63, 3.8) is 0 Å². The zero-order valence-corrected chi connectivity index (χ0v) is 16.5. The van der Waals surface area contributed by atoms with Gasteiger partial charge in [-0.1, -0.05) is 42.0 Å². The number of hydrogen-bond donors (Lipinski definition) is 3. The van der Waals surface area contributed by atoms with Gasteiger partial charge in [0.05, 0.1) is 18.8 Å². The molecule has 3 atom stereocenters. The van der Waals surface area contributed by atoms with Crippen LogP contribution in [0.1, 0.15) is 29.5 Å². The van der Waals surface area contributed by atoms with Crippen molar-refractivity contribution in [2.45, 2.75) is 51.6 Å². The molecule has 3 rings (SSSR count). The molecule has 28 heavy (non-hydrogen) atoms. The van der Waals surface area contributed by atoms with Gasteiger partial charge in [0, 0.05) is 24.1 Å². The predicted octanol–water partition coefficient (Wildman–Crippen LogP) is 3.71. The molecule has 1 aliphatic rings. The van der Waals surface area contributed by atoms with Crippen molar-refractivity contribution >= 4 is 5.69 Å². The summed E-state index contributed by atoms with van der Waals surface area (Å²) in [6, 6.07) is 14.3. The van der Waals surface area contributed by atoms with E-state index in [1.165, 1.54) is 11.1 Å². The fourth-order valence-electron chi connectivity index (χ4n) is 3.25. The van der Waals surface area contributed by atoms with Crippen LogP contribution in [0.4, 0.5) is 5.69 Å². The van der Waals surface area contributed by atoms with E-state index in [0.29, 0.717) is 18.6 Å². The van der Waals surface area contributed by atoms with Crippen LogP contribution in [0.5, 0.6) is 5.75 Å². The molecular weight excluding hydrogens is 354 g/mol. The Kier molecular flexibility index (Phi) is 7.09. The minimum Gasteiger partial charge on any atom is -0.464 e. The predicted molar refractivity (Wildman–Crippen MR) is 110 cm³/mol. The van der Waals surface area contributed by atoms with Crippen molar-refractivity contribution in [3.8, 4) is 5.75 Å². The van der Waals surface area contributed by atoms with E-state index in [1.807, 2.05) is 31.3 Å². The first-order chi connectivity index (χ1) is 13.5. The standard InChI is InChI=1S/C23H29NO4/c1-16-8-10-18(11-9-16)5-4-12-24-21-6-3-7-22(17(21)2)28-23-14-19(26)13-20(15-25)27-23/h3-4,6-12,19-20,23-26H,5,13-15H2,1-2H3/b12-4+/t19?,20?,23-/m0/s1. The van der Waals surface area contributed by atoms with E-state index in [0.717, 1.165) is 17.7 Å². The average molecular weight is 383 g/mol. The third-order valence-corrected chi connectivity index (χ3v) is 4.92. The van der Waals surface area contributed by atoms with Gasteiger partial charge in [-0.15, -0.1) is 0 Å². The second-order valence-electron chi connectivity index (χ2n) is 7.28. The minimum absolute atomic E-state index is 0.122. The van der Waals surface area contributed by atoms with Gasteiger partial charge in [0.25, 0.3) is 0 Å². The molecule has 0 saturated carbocycles. The lowest BCUT2D eigenvalue weighted by Crippen LogP contribution is -2.40. The number of rotatable bonds is 7. The molecule has 1 fully saturated rings. The molecule has 1 heterocycles. The van der Waals surface area contributed by atoms with E-state index in [4.69, 9.17) is 9.47 Å². The van der Waals surface area contributed by atoms with Gasteiger partial charge in [0.2, 0.25) is 6.29 Å². The molecule has 0 aliphatic carbocycles. The topological polar surface area (TPSA) is 71.0 Å². The summed E-state index contributed by atoms with van der Waals surface area (Å²) >= 11 is 0. The summed E-state index contributed by atoms with van der Waals surface area (Å²) in [6.07, 6.45) is 4.24. The maximum Gasteiger partial charge on any atom is 0.202 e. The lowest BCUT2D eigenvalue weighted by Gasteiger charge is -2.32. The maximum absolute atomic E-state index is 9.94. The second-order valence-corrected chi connectivity index (χ2v) is 7.28. The van der Waals surface area contributed by atoms with Crippen molar-refractivity contribution in [2.24, 2.45) is 0 Å².